The van der Waals surface area contributed by atoms with E-state index in [0.29, 0.717) is 0 Å². The Hall–Kier alpha value is -1.10. The Morgan fingerprint density at radius 3 is 1.94 bits per heavy atom. The van der Waals surface area contributed by atoms with E-state index in [-0.39, 0.29) is 5.92 Å². The summed E-state index contributed by atoms with van der Waals surface area (Å²) >= 11 is 0. The van der Waals surface area contributed by atoms with Gasteiger partial charge in [0.1, 0.15) is 6.04 Å². The largest absolute Gasteiger partial charge is 0.480 e. The first-order valence-electron chi connectivity index (χ1n) is 5.36. The van der Waals surface area contributed by atoms with Crippen molar-refractivity contribution >= 4 is 11.9 Å². The van der Waals surface area contributed by atoms with Crippen LogP contribution in [0.1, 0.15) is 34.6 Å². The number of rotatable bonds is 4. The minimum absolute atomic E-state index is 0.0191. The van der Waals surface area contributed by atoms with Crippen molar-refractivity contribution < 1.29 is 14.7 Å². The third-order valence-electron chi connectivity index (χ3n) is 2.42. The van der Waals surface area contributed by atoms with Gasteiger partial charge in [-0.1, -0.05) is 34.6 Å². The van der Waals surface area contributed by atoms with Gasteiger partial charge in [0.05, 0.1) is 6.04 Å². The van der Waals surface area contributed by atoms with Crippen LogP contribution in [0.4, 0.5) is 0 Å². The smallest absolute Gasteiger partial charge is 0.326 e. The summed E-state index contributed by atoms with van der Waals surface area (Å²) in [5, 5.41) is 11.5. The molecule has 0 radical (unpaired) electrons. The summed E-state index contributed by atoms with van der Waals surface area (Å²) in [4.78, 5) is 22.7. The van der Waals surface area contributed by atoms with Gasteiger partial charge in [0.2, 0.25) is 5.91 Å². The van der Waals surface area contributed by atoms with E-state index < -0.39 is 29.4 Å². The first kappa shape index (κ1) is 14.9. The van der Waals surface area contributed by atoms with Crippen molar-refractivity contribution in [3.63, 3.8) is 0 Å². The SMILES string of the molecule is CC(C)[C@H](N)C(=O)N[C@H](C(=O)O)C(C)(C)C. The Kier molecular flexibility index (Phi) is 4.93. The summed E-state index contributed by atoms with van der Waals surface area (Å²) in [6.07, 6.45) is 0. The molecular weight excluding hydrogens is 208 g/mol. The highest BCUT2D eigenvalue weighted by molar-refractivity contribution is 5.87. The molecule has 0 aliphatic rings. The topological polar surface area (TPSA) is 92.4 Å². The molecule has 0 bridgehead atoms. The zero-order valence-electron chi connectivity index (χ0n) is 10.6. The van der Waals surface area contributed by atoms with E-state index in [1.54, 1.807) is 20.8 Å². The maximum atomic E-state index is 11.6. The van der Waals surface area contributed by atoms with Crippen LogP contribution in [0.15, 0.2) is 0 Å². The molecule has 0 aromatic rings. The van der Waals surface area contributed by atoms with Gasteiger partial charge in [0.25, 0.3) is 0 Å². The minimum Gasteiger partial charge on any atom is -0.480 e. The summed E-state index contributed by atoms with van der Waals surface area (Å²) in [6.45, 7) is 8.90. The lowest BCUT2D eigenvalue weighted by Gasteiger charge is -2.29. The molecule has 0 unspecified atom stereocenters. The lowest BCUT2D eigenvalue weighted by atomic mass is 9.86. The molecule has 0 aromatic heterocycles. The highest BCUT2D eigenvalue weighted by atomic mass is 16.4. The molecule has 94 valence electrons. The molecule has 0 aromatic carbocycles. The zero-order chi connectivity index (χ0) is 13.1. The number of hydrogen-bond acceptors (Lipinski definition) is 3. The van der Waals surface area contributed by atoms with E-state index in [0.717, 1.165) is 0 Å². The molecule has 5 heteroatoms. The Morgan fingerprint density at radius 2 is 1.69 bits per heavy atom. The lowest BCUT2D eigenvalue weighted by Crippen LogP contribution is -2.54. The fourth-order valence-corrected chi connectivity index (χ4v) is 1.19. The van der Waals surface area contributed by atoms with Crippen LogP contribution in [-0.4, -0.2) is 29.1 Å². The second-order valence-corrected chi connectivity index (χ2v) is 5.42. The minimum atomic E-state index is -1.04. The van der Waals surface area contributed by atoms with Crippen LogP contribution in [0.5, 0.6) is 0 Å². The van der Waals surface area contributed by atoms with Crippen LogP contribution in [0.25, 0.3) is 0 Å². The van der Waals surface area contributed by atoms with Gasteiger partial charge < -0.3 is 16.2 Å². The number of hydrogen-bond donors (Lipinski definition) is 3. The number of nitrogens with two attached hydrogens (primary N) is 1. The molecule has 1 amide bonds. The summed E-state index contributed by atoms with van der Waals surface area (Å²) in [5.41, 5.74) is 5.10. The van der Waals surface area contributed by atoms with Gasteiger partial charge in [-0.15, -0.1) is 0 Å². The van der Waals surface area contributed by atoms with Gasteiger partial charge in [-0.3, -0.25) is 4.79 Å². The number of carbonyl (C=O) groups is 2. The van der Waals surface area contributed by atoms with Crippen molar-refractivity contribution in [1.29, 1.82) is 0 Å². The van der Waals surface area contributed by atoms with Gasteiger partial charge in [0.15, 0.2) is 0 Å². The molecule has 0 aliphatic heterocycles. The van der Waals surface area contributed by atoms with Crippen LogP contribution in [0, 0.1) is 11.3 Å². The Morgan fingerprint density at radius 1 is 1.25 bits per heavy atom. The highest BCUT2D eigenvalue weighted by Crippen LogP contribution is 2.19. The predicted octanol–water partition coefficient (Wildman–Crippen LogP) is 0.585. The second kappa shape index (κ2) is 5.30. The van der Waals surface area contributed by atoms with Crippen molar-refractivity contribution in [2.75, 3.05) is 0 Å². The summed E-state index contributed by atoms with van der Waals surface area (Å²) in [5.74, 6) is -1.48. The maximum Gasteiger partial charge on any atom is 0.326 e. The fourth-order valence-electron chi connectivity index (χ4n) is 1.19. The monoisotopic (exact) mass is 230 g/mol. The van der Waals surface area contributed by atoms with Crippen molar-refractivity contribution in [3.05, 3.63) is 0 Å². The number of nitrogens with one attached hydrogen (secondary N) is 1. The Balaban J connectivity index is 4.67. The van der Waals surface area contributed by atoms with Crippen LogP contribution >= 0.6 is 0 Å². The van der Waals surface area contributed by atoms with E-state index in [4.69, 9.17) is 10.8 Å². The average Bonchev–Trinajstić information content (AvgIpc) is 2.09. The number of amides is 1. The van der Waals surface area contributed by atoms with E-state index in [2.05, 4.69) is 5.32 Å². The first-order valence-corrected chi connectivity index (χ1v) is 5.36. The Bertz CT molecular complexity index is 269. The van der Waals surface area contributed by atoms with Gasteiger partial charge in [-0.2, -0.15) is 0 Å². The summed E-state index contributed by atoms with van der Waals surface area (Å²) < 4.78 is 0. The van der Waals surface area contributed by atoms with Crippen LogP contribution < -0.4 is 11.1 Å². The van der Waals surface area contributed by atoms with Gasteiger partial charge >= 0.3 is 5.97 Å². The molecular formula is C11H22N2O3. The van der Waals surface area contributed by atoms with E-state index in [1.807, 2.05) is 13.8 Å². The second-order valence-electron chi connectivity index (χ2n) is 5.42. The van der Waals surface area contributed by atoms with E-state index in [9.17, 15) is 9.59 Å². The molecule has 0 rings (SSSR count). The van der Waals surface area contributed by atoms with Crippen LogP contribution in [0.3, 0.4) is 0 Å². The zero-order valence-corrected chi connectivity index (χ0v) is 10.6. The van der Waals surface area contributed by atoms with Crippen LogP contribution in [-0.2, 0) is 9.59 Å². The van der Waals surface area contributed by atoms with E-state index >= 15 is 0 Å². The molecule has 2 atom stereocenters. The summed E-state index contributed by atoms with van der Waals surface area (Å²) in [7, 11) is 0. The quantitative estimate of drug-likeness (QED) is 0.659. The van der Waals surface area contributed by atoms with Crippen LogP contribution in [0.2, 0.25) is 0 Å². The number of carbonyl (C=O) groups excluding carboxylic acids is 1. The van der Waals surface area contributed by atoms with Gasteiger partial charge in [0, 0.05) is 0 Å². The molecule has 0 spiro atoms. The third-order valence-corrected chi connectivity index (χ3v) is 2.42. The molecule has 0 saturated heterocycles. The lowest BCUT2D eigenvalue weighted by molar-refractivity contribution is -0.145. The third kappa shape index (κ3) is 4.18. The number of carboxylic acid groups (broad SMARTS) is 1. The average molecular weight is 230 g/mol. The van der Waals surface area contributed by atoms with E-state index in [1.165, 1.54) is 0 Å². The molecule has 0 fully saturated rings. The molecule has 0 aliphatic carbocycles. The standard InChI is InChI=1S/C11H22N2O3/c1-6(2)7(12)9(14)13-8(10(15)16)11(3,4)5/h6-8H,12H2,1-5H3,(H,13,14)(H,15,16)/t7-,8+/m0/s1. The maximum absolute atomic E-state index is 11.6. The normalized spacial score (nSPS) is 15.7. The predicted molar refractivity (Wildman–Crippen MR) is 61.8 cm³/mol. The molecule has 4 N–H and O–H groups in total. The number of carboxylic acids is 1. The van der Waals surface area contributed by atoms with Crippen molar-refractivity contribution in [1.82, 2.24) is 5.32 Å². The molecule has 5 nitrogen and oxygen atoms in total. The molecule has 0 heterocycles. The van der Waals surface area contributed by atoms with Crippen molar-refractivity contribution in [3.8, 4) is 0 Å². The Labute approximate surface area is 96.4 Å². The number of aliphatic carboxylic acids is 1. The first-order chi connectivity index (χ1) is 7.07. The van der Waals surface area contributed by atoms with Crippen molar-refractivity contribution in [2.24, 2.45) is 17.1 Å². The molecule has 16 heavy (non-hydrogen) atoms. The fraction of sp³-hybridized carbons (Fsp3) is 0.818. The summed E-state index contributed by atoms with van der Waals surface area (Å²) in [6, 6.07) is -1.60. The van der Waals surface area contributed by atoms with Gasteiger partial charge in [-0.25, -0.2) is 4.79 Å². The van der Waals surface area contributed by atoms with Gasteiger partial charge in [-0.05, 0) is 11.3 Å². The highest BCUT2D eigenvalue weighted by Gasteiger charge is 2.34. The van der Waals surface area contributed by atoms with Crippen molar-refractivity contribution in [2.45, 2.75) is 46.7 Å². The molecule has 0 saturated carbocycles.